The van der Waals surface area contributed by atoms with Gasteiger partial charge in [0.25, 0.3) is 0 Å². The lowest BCUT2D eigenvalue weighted by molar-refractivity contribution is 0.171. The minimum absolute atomic E-state index is 0.619. The van der Waals surface area contributed by atoms with Crippen molar-refractivity contribution >= 4 is 11.3 Å². The molecule has 1 aromatic carbocycles. The van der Waals surface area contributed by atoms with Gasteiger partial charge < -0.3 is 14.8 Å². The molecule has 0 fully saturated rings. The second kappa shape index (κ2) is 6.61. The zero-order valence-corrected chi connectivity index (χ0v) is 12.4. The zero-order valence-electron chi connectivity index (χ0n) is 11.6. The van der Waals surface area contributed by atoms with Crippen LogP contribution in [0.4, 0.5) is 0 Å². The molecule has 1 aliphatic rings. The summed E-state index contributed by atoms with van der Waals surface area (Å²) in [5.74, 6) is 1.68. The van der Waals surface area contributed by atoms with E-state index < -0.39 is 0 Å². The Bertz CT molecular complexity index is 661. The molecular weight excluding hydrogens is 284 g/mol. The molecule has 1 aromatic heterocycles. The van der Waals surface area contributed by atoms with E-state index in [1.807, 2.05) is 18.2 Å². The number of benzene rings is 1. The summed E-state index contributed by atoms with van der Waals surface area (Å²) in [7, 11) is 0. The van der Waals surface area contributed by atoms with Crippen LogP contribution in [0.1, 0.15) is 15.3 Å². The van der Waals surface area contributed by atoms with Gasteiger partial charge in [0, 0.05) is 11.4 Å². The van der Waals surface area contributed by atoms with Gasteiger partial charge in [0.2, 0.25) is 0 Å². The van der Waals surface area contributed by atoms with Crippen molar-refractivity contribution in [2.45, 2.75) is 13.0 Å². The van der Waals surface area contributed by atoms with Crippen molar-refractivity contribution in [1.82, 2.24) is 5.32 Å². The highest BCUT2D eigenvalue weighted by atomic mass is 32.1. The lowest BCUT2D eigenvalue weighted by atomic mass is 10.1. The molecule has 0 atom stereocenters. The minimum atomic E-state index is 0.619. The van der Waals surface area contributed by atoms with Crippen LogP contribution in [0.3, 0.4) is 0 Å². The van der Waals surface area contributed by atoms with Crippen LogP contribution < -0.4 is 14.8 Å². The van der Waals surface area contributed by atoms with Crippen molar-refractivity contribution in [2.24, 2.45) is 0 Å². The van der Waals surface area contributed by atoms with Gasteiger partial charge in [-0.3, -0.25) is 0 Å². The molecule has 0 unspecified atom stereocenters. The maximum absolute atomic E-state index is 8.79. The quantitative estimate of drug-likeness (QED) is 0.863. The van der Waals surface area contributed by atoms with E-state index in [0.717, 1.165) is 35.9 Å². The molecule has 0 amide bonds. The molecule has 0 bridgehead atoms. The highest BCUT2D eigenvalue weighted by Crippen LogP contribution is 2.30. The van der Waals surface area contributed by atoms with Gasteiger partial charge in [-0.1, -0.05) is 6.07 Å². The summed E-state index contributed by atoms with van der Waals surface area (Å²) in [6.07, 6.45) is 0.938. The van der Waals surface area contributed by atoms with Gasteiger partial charge in [-0.15, -0.1) is 11.3 Å². The van der Waals surface area contributed by atoms with E-state index in [2.05, 4.69) is 23.5 Å². The molecular formula is C16H16N2O2S. The van der Waals surface area contributed by atoms with Crippen molar-refractivity contribution < 1.29 is 9.47 Å². The molecule has 0 spiro atoms. The fourth-order valence-electron chi connectivity index (χ4n) is 2.22. The highest BCUT2D eigenvalue weighted by Gasteiger charge is 2.11. The fraction of sp³-hybridized carbons (Fsp3) is 0.312. The number of nitrogens with zero attached hydrogens (tertiary/aromatic N) is 1. The van der Waals surface area contributed by atoms with E-state index in [-0.39, 0.29) is 0 Å². The Hall–Kier alpha value is -2.03. The molecule has 5 heteroatoms. The van der Waals surface area contributed by atoms with Crippen molar-refractivity contribution in [3.63, 3.8) is 0 Å². The minimum Gasteiger partial charge on any atom is -0.486 e. The smallest absolute Gasteiger partial charge is 0.161 e. The molecule has 0 aliphatic carbocycles. The van der Waals surface area contributed by atoms with E-state index in [9.17, 15) is 0 Å². The molecule has 21 heavy (non-hydrogen) atoms. The molecule has 3 rings (SSSR count). The predicted molar refractivity (Wildman–Crippen MR) is 81.9 cm³/mol. The third-order valence-electron chi connectivity index (χ3n) is 3.27. The third kappa shape index (κ3) is 3.54. The van der Waals surface area contributed by atoms with Crippen molar-refractivity contribution in [3.8, 4) is 17.6 Å². The zero-order chi connectivity index (χ0) is 14.5. The van der Waals surface area contributed by atoms with Crippen molar-refractivity contribution in [2.75, 3.05) is 19.8 Å². The number of fused-ring (bicyclic) bond motifs is 1. The molecule has 108 valence electrons. The molecule has 4 nitrogen and oxygen atoms in total. The van der Waals surface area contributed by atoms with E-state index in [0.29, 0.717) is 13.2 Å². The maximum atomic E-state index is 8.79. The second-order valence-electron chi connectivity index (χ2n) is 4.78. The predicted octanol–water partition coefficient (Wildman–Crippen LogP) is 2.72. The average molecular weight is 300 g/mol. The topological polar surface area (TPSA) is 54.3 Å². The first-order valence-corrected chi connectivity index (χ1v) is 7.75. The first-order valence-electron chi connectivity index (χ1n) is 6.93. The van der Waals surface area contributed by atoms with Gasteiger partial charge in [0.1, 0.15) is 24.2 Å². The Kier molecular flexibility index (Phi) is 4.39. The van der Waals surface area contributed by atoms with Gasteiger partial charge in [0.15, 0.2) is 11.5 Å². The summed E-state index contributed by atoms with van der Waals surface area (Å²) in [5.41, 5.74) is 1.23. The number of nitrogens with one attached hydrogen (secondary N) is 1. The van der Waals surface area contributed by atoms with E-state index in [1.54, 1.807) is 0 Å². The van der Waals surface area contributed by atoms with E-state index in [1.165, 1.54) is 21.8 Å². The summed E-state index contributed by atoms with van der Waals surface area (Å²) >= 11 is 1.54. The van der Waals surface area contributed by atoms with Crippen molar-refractivity contribution in [3.05, 3.63) is 45.6 Å². The summed E-state index contributed by atoms with van der Waals surface area (Å²) in [6, 6.07) is 12.1. The number of hydrogen-bond donors (Lipinski definition) is 1. The van der Waals surface area contributed by atoms with Crippen LogP contribution >= 0.6 is 11.3 Å². The molecule has 2 heterocycles. The van der Waals surface area contributed by atoms with Crippen LogP contribution in [0.25, 0.3) is 0 Å². The largest absolute Gasteiger partial charge is 0.486 e. The number of hydrogen-bond acceptors (Lipinski definition) is 5. The normalized spacial score (nSPS) is 12.9. The molecule has 0 saturated carbocycles. The first kappa shape index (κ1) is 13.9. The lowest BCUT2D eigenvalue weighted by Crippen LogP contribution is -2.17. The Balaban J connectivity index is 1.48. The third-order valence-corrected chi connectivity index (χ3v) is 4.26. The number of nitriles is 1. The molecule has 2 aromatic rings. The van der Waals surface area contributed by atoms with Crippen LogP contribution in [-0.4, -0.2) is 19.8 Å². The Morgan fingerprint density at radius 1 is 1.14 bits per heavy atom. The van der Waals surface area contributed by atoms with Gasteiger partial charge in [0.05, 0.1) is 0 Å². The van der Waals surface area contributed by atoms with Gasteiger partial charge >= 0.3 is 0 Å². The molecule has 1 N–H and O–H groups in total. The fourth-order valence-corrected chi connectivity index (χ4v) is 3.00. The molecule has 0 saturated heterocycles. The van der Waals surface area contributed by atoms with Crippen LogP contribution in [0, 0.1) is 11.3 Å². The van der Waals surface area contributed by atoms with E-state index >= 15 is 0 Å². The summed E-state index contributed by atoms with van der Waals surface area (Å²) in [5, 5.41) is 12.2. The maximum Gasteiger partial charge on any atom is 0.161 e. The van der Waals surface area contributed by atoms with Gasteiger partial charge in [-0.2, -0.15) is 5.26 Å². The van der Waals surface area contributed by atoms with E-state index in [4.69, 9.17) is 14.7 Å². The van der Waals surface area contributed by atoms with Crippen LogP contribution in [-0.2, 0) is 13.0 Å². The van der Waals surface area contributed by atoms with Crippen LogP contribution in [0.5, 0.6) is 11.5 Å². The monoisotopic (exact) mass is 300 g/mol. The van der Waals surface area contributed by atoms with Gasteiger partial charge in [-0.05, 0) is 42.8 Å². The van der Waals surface area contributed by atoms with Gasteiger partial charge in [-0.25, -0.2) is 0 Å². The summed E-state index contributed by atoms with van der Waals surface area (Å²) in [4.78, 5) is 1.95. The second-order valence-corrected chi connectivity index (χ2v) is 5.95. The van der Waals surface area contributed by atoms with Crippen LogP contribution in [0.2, 0.25) is 0 Å². The van der Waals surface area contributed by atoms with Crippen molar-refractivity contribution in [1.29, 1.82) is 5.26 Å². The Morgan fingerprint density at radius 2 is 2.00 bits per heavy atom. The standard InChI is InChI=1S/C16H16N2O2S/c17-10-13-2-3-14(21-13)11-18-6-5-12-1-4-15-16(9-12)20-8-7-19-15/h1-4,9,18H,5-8,11H2. The first-order chi connectivity index (χ1) is 10.3. The number of thiophene rings is 1. The Labute approximate surface area is 127 Å². The average Bonchev–Trinajstić information content (AvgIpc) is 2.99. The Morgan fingerprint density at radius 3 is 2.81 bits per heavy atom. The molecule has 0 radical (unpaired) electrons. The molecule has 1 aliphatic heterocycles. The highest BCUT2D eigenvalue weighted by molar-refractivity contribution is 7.12. The number of rotatable bonds is 5. The summed E-state index contributed by atoms with van der Waals surface area (Å²) in [6.45, 7) is 2.93. The SMILES string of the molecule is N#Cc1ccc(CNCCc2ccc3c(c2)OCCO3)s1. The number of ether oxygens (including phenoxy) is 2. The summed E-state index contributed by atoms with van der Waals surface area (Å²) < 4.78 is 11.1. The lowest BCUT2D eigenvalue weighted by Gasteiger charge is -2.18. The van der Waals surface area contributed by atoms with Crippen LogP contribution in [0.15, 0.2) is 30.3 Å².